The second kappa shape index (κ2) is 8.22. The zero-order valence-corrected chi connectivity index (χ0v) is 19.4. The highest BCUT2D eigenvalue weighted by Crippen LogP contribution is 2.47. The van der Waals surface area contributed by atoms with Crippen molar-refractivity contribution in [2.45, 2.75) is 50.0 Å². The number of hydrogen-bond donors (Lipinski definition) is 1. The first-order valence-corrected chi connectivity index (χ1v) is 12.5. The first-order chi connectivity index (χ1) is 16.1. The van der Waals surface area contributed by atoms with Gasteiger partial charge in [0.15, 0.2) is 0 Å². The average Bonchev–Trinajstić information content (AvgIpc) is 3.28. The van der Waals surface area contributed by atoms with Crippen LogP contribution in [-0.4, -0.2) is 30.4 Å². The molecule has 2 fully saturated rings. The van der Waals surface area contributed by atoms with Crippen molar-refractivity contribution in [3.63, 3.8) is 0 Å². The largest absolute Gasteiger partial charge is 0.508 e. The summed E-state index contributed by atoms with van der Waals surface area (Å²) in [5.74, 6) is 1.85. The molecular weight excluding hydrogens is 406 g/mol. The molecule has 33 heavy (non-hydrogen) atoms. The van der Waals surface area contributed by atoms with Crippen molar-refractivity contribution < 1.29 is 9.84 Å². The number of phenols is 1. The fourth-order valence-electron chi connectivity index (χ4n) is 6.42. The third kappa shape index (κ3) is 3.73. The summed E-state index contributed by atoms with van der Waals surface area (Å²) >= 11 is 0. The molecule has 0 saturated carbocycles. The molecule has 3 aromatic rings. The Morgan fingerprint density at radius 1 is 0.970 bits per heavy atom. The Balaban J connectivity index is 1.27. The first-order valence-electron chi connectivity index (χ1n) is 12.5. The predicted octanol–water partition coefficient (Wildman–Crippen LogP) is 6.26. The highest BCUT2D eigenvalue weighted by atomic mass is 16.5. The topological polar surface area (TPSA) is 32.7 Å². The minimum absolute atomic E-state index is 0.0993. The van der Waals surface area contributed by atoms with E-state index in [1.807, 2.05) is 12.1 Å². The molecule has 3 nitrogen and oxygen atoms in total. The summed E-state index contributed by atoms with van der Waals surface area (Å²) in [7, 11) is 0. The highest BCUT2D eigenvalue weighted by Gasteiger charge is 2.49. The maximum Gasteiger partial charge on any atom is 0.115 e. The quantitative estimate of drug-likeness (QED) is 0.521. The molecule has 0 amide bonds. The number of nitrogens with zero attached hydrogens (tertiary/aromatic N) is 1. The van der Waals surface area contributed by atoms with Crippen LogP contribution >= 0.6 is 0 Å². The lowest BCUT2D eigenvalue weighted by Gasteiger charge is -2.48. The summed E-state index contributed by atoms with van der Waals surface area (Å²) in [5, 5.41) is 10.1. The molecule has 1 aliphatic carbocycles. The summed E-state index contributed by atoms with van der Waals surface area (Å²) in [6.07, 6.45) is 4.53. The SMILES string of the molecule is CCC1COC2(C1)CN(c1ccc([C@@H]3c4ccc(O)cc4CC[C@@H]3c3ccccc3)cc1)C2. The average molecular weight is 440 g/mol. The number of rotatable bonds is 4. The van der Waals surface area contributed by atoms with Crippen LogP contribution in [0.15, 0.2) is 72.8 Å². The van der Waals surface area contributed by atoms with E-state index in [1.165, 1.54) is 40.8 Å². The van der Waals surface area contributed by atoms with Crippen LogP contribution in [0, 0.1) is 5.92 Å². The Hall–Kier alpha value is -2.78. The van der Waals surface area contributed by atoms with E-state index in [4.69, 9.17) is 4.74 Å². The van der Waals surface area contributed by atoms with Crippen LogP contribution in [0.5, 0.6) is 5.75 Å². The number of aryl methyl sites for hydroxylation is 1. The molecule has 2 heterocycles. The summed E-state index contributed by atoms with van der Waals surface area (Å²) in [5.41, 5.74) is 6.79. The molecule has 3 aliphatic rings. The minimum Gasteiger partial charge on any atom is -0.508 e. The molecule has 3 aromatic carbocycles. The molecule has 6 rings (SSSR count). The molecule has 2 aliphatic heterocycles. The molecule has 0 aromatic heterocycles. The van der Waals surface area contributed by atoms with Crippen LogP contribution in [0.25, 0.3) is 0 Å². The zero-order valence-electron chi connectivity index (χ0n) is 19.4. The Bertz CT molecular complexity index is 1120. The van der Waals surface area contributed by atoms with Crippen LogP contribution < -0.4 is 4.90 Å². The van der Waals surface area contributed by atoms with Crippen molar-refractivity contribution in [3.8, 4) is 5.75 Å². The number of anilines is 1. The lowest BCUT2D eigenvalue weighted by Crippen LogP contribution is -2.61. The van der Waals surface area contributed by atoms with Gasteiger partial charge in [-0.3, -0.25) is 0 Å². The van der Waals surface area contributed by atoms with E-state index in [0.29, 0.717) is 17.6 Å². The molecule has 3 heteroatoms. The van der Waals surface area contributed by atoms with E-state index < -0.39 is 0 Å². The maximum atomic E-state index is 10.1. The van der Waals surface area contributed by atoms with Crippen molar-refractivity contribution in [3.05, 3.63) is 95.1 Å². The highest BCUT2D eigenvalue weighted by molar-refractivity contribution is 5.54. The summed E-state index contributed by atoms with van der Waals surface area (Å²) in [4.78, 5) is 2.46. The van der Waals surface area contributed by atoms with Crippen LogP contribution in [0.4, 0.5) is 5.69 Å². The second-order valence-electron chi connectivity index (χ2n) is 10.3. The molecule has 1 N–H and O–H groups in total. The normalized spacial score (nSPS) is 25.6. The third-order valence-electron chi connectivity index (χ3n) is 8.26. The van der Waals surface area contributed by atoms with Crippen molar-refractivity contribution >= 4 is 5.69 Å². The Morgan fingerprint density at radius 3 is 2.48 bits per heavy atom. The van der Waals surface area contributed by atoms with Crippen LogP contribution in [0.3, 0.4) is 0 Å². The number of hydrogen-bond acceptors (Lipinski definition) is 3. The molecular formula is C30H33NO2. The molecule has 170 valence electrons. The number of fused-ring (bicyclic) bond motifs is 1. The lowest BCUT2D eigenvalue weighted by atomic mass is 9.69. The predicted molar refractivity (Wildman–Crippen MR) is 133 cm³/mol. The zero-order chi connectivity index (χ0) is 22.4. The van der Waals surface area contributed by atoms with Gasteiger partial charge < -0.3 is 14.7 Å². The number of phenolic OH excluding ortho intramolecular Hbond substituents is 1. The second-order valence-corrected chi connectivity index (χ2v) is 10.3. The molecule has 1 unspecified atom stereocenters. The van der Waals surface area contributed by atoms with Gasteiger partial charge in [-0.15, -0.1) is 0 Å². The van der Waals surface area contributed by atoms with Crippen LogP contribution in [0.2, 0.25) is 0 Å². The summed E-state index contributed by atoms with van der Waals surface area (Å²) in [6.45, 7) is 5.23. The lowest BCUT2D eigenvalue weighted by molar-refractivity contribution is -0.0186. The van der Waals surface area contributed by atoms with Gasteiger partial charge in [-0.2, -0.15) is 0 Å². The van der Waals surface area contributed by atoms with Gasteiger partial charge in [-0.25, -0.2) is 0 Å². The van der Waals surface area contributed by atoms with Crippen molar-refractivity contribution in [2.75, 3.05) is 24.6 Å². The van der Waals surface area contributed by atoms with Gasteiger partial charge in [0.2, 0.25) is 0 Å². The Kier molecular flexibility index (Phi) is 5.18. The smallest absolute Gasteiger partial charge is 0.115 e. The van der Waals surface area contributed by atoms with E-state index >= 15 is 0 Å². The van der Waals surface area contributed by atoms with Gasteiger partial charge in [0.1, 0.15) is 11.4 Å². The number of ether oxygens (including phenoxy) is 1. The van der Waals surface area contributed by atoms with Gasteiger partial charge in [0.05, 0.1) is 6.61 Å². The van der Waals surface area contributed by atoms with Crippen molar-refractivity contribution in [1.29, 1.82) is 0 Å². The van der Waals surface area contributed by atoms with Crippen molar-refractivity contribution in [1.82, 2.24) is 0 Å². The molecule has 1 spiro atoms. The van der Waals surface area contributed by atoms with Gasteiger partial charge in [0.25, 0.3) is 0 Å². The monoisotopic (exact) mass is 439 g/mol. The molecule has 3 atom stereocenters. The van der Waals surface area contributed by atoms with E-state index in [2.05, 4.69) is 72.5 Å². The van der Waals surface area contributed by atoms with E-state index in [-0.39, 0.29) is 5.60 Å². The van der Waals surface area contributed by atoms with Gasteiger partial charge in [-0.1, -0.05) is 61.9 Å². The maximum absolute atomic E-state index is 10.1. The molecule has 0 bridgehead atoms. The van der Waals surface area contributed by atoms with Gasteiger partial charge in [-0.05, 0) is 77.6 Å². The van der Waals surface area contributed by atoms with E-state index in [0.717, 1.165) is 38.5 Å². The standard InChI is InChI=1S/C30H33NO2/c1-2-21-17-30(33-18-21)19-31(20-30)25-11-8-23(9-12-25)29-27(22-6-4-3-5-7-22)14-10-24-16-26(32)13-15-28(24)29/h3-9,11-13,15-16,21,27,29,32H,2,10,14,17-20H2,1H3/t21?,27-,29+/m1/s1. The van der Waals surface area contributed by atoms with Gasteiger partial charge >= 0.3 is 0 Å². The number of benzene rings is 3. The molecule has 2 saturated heterocycles. The molecule has 0 radical (unpaired) electrons. The van der Waals surface area contributed by atoms with E-state index in [1.54, 1.807) is 0 Å². The fourth-order valence-corrected chi connectivity index (χ4v) is 6.42. The Labute approximate surface area is 197 Å². The van der Waals surface area contributed by atoms with E-state index in [9.17, 15) is 5.11 Å². The first kappa shape index (κ1) is 20.8. The minimum atomic E-state index is 0.0993. The summed E-state index contributed by atoms with van der Waals surface area (Å²) in [6, 6.07) is 26.1. The fraction of sp³-hybridized carbons (Fsp3) is 0.400. The van der Waals surface area contributed by atoms with Crippen LogP contribution in [-0.2, 0) is 11.2 Å². The summed E-state index contributed by atoms with van der Waals surface area (Å²) < 4.78 is 6.20. The van der Waals surface area contributed by atoms with Gasteiger partial charge in [0, 0.05) is 24.7 Å². The van der Waals surface area contributed by atoms with Crippen molar-refractivity contribution in [2.24, 2.45) is 5.92 Å². The Morgan fingerprint density at radius 2 is 1.76 bits per heavy atom. The number of aromatic hydroxyl groups is 1. The van der Waals surface area contributed by atoms with Crippen LogP contribution in [0.1, 0.15) is 60.3 Å². The third-order valence-corrected chi connectivity index (χ3v) is 8.26.